The molecule has 76 valence electrons. The number of alkyl halides is 1. The van der Waals surface area contributed by atoms with Crippen LogP contribution in [0, 0.1) is 0 Å². The average Bonchev–Trinajstić information content (AvgIpc) is 2.20. The van der Waals surface area contributed by atoms with E-state index in [1.54, 1.807) is 12.1 Å². The van der Waals surface area contributed by atoms with Gasteiger partial charge in [-0.1, -0.05) is 11.6 Å². The van der Waals surface area contributed by atoms with E-state index in [0.717, 1.165) is 5.56 Å². The van der Waals surface area contributed by atoms with Crippen molar-refractivity contribution in [2.45, 2.75) is 5.88 Å². The van der Waals surface area contributed by atoms with Gasteiger partial charge < -0.3 is 4.74 Å². The number of rotatable bonds is 2. The molecule has 0 aliphatic heterocycles. The summed E-state index contributed by atoms with van der Waals surface area (Å²) < 4.78 is 5.13. The molecule has 1 aromatic carbocycles. The summed E-state index contributed by atoms with van der Waals surface area (Å²) in [5, 5.41) is 0.448. The Bertz CT molecular complexity index is 366. The summed E-state index contributed by atoms with van der Waals surface area (Å²) in [7, 11) is 1.32. The van der Waals surface area contributed by atoms with Crippen LogP contribution in [0.1, 0.15) is 15.9 Å². The van der Waals surface area contributed by atoms with Crippen LogP contribution in [0.15, 0.2) is 16.6 Å². The van der Waals surface area contributed by atoms with E-state index in [1.807, 2.05) is 0 Å². The van der Waals surface area contributed by atoms with Crippen molar-refractivity contribution in [1.29, 1.82) is 0 Å². The van der Waals surface area contributed by atoms with Crippen molar-refractivity contribution in [3.63, 3.8) is 0 Å². The van der Waals surface area contributed by atoms with Crippen LogP contribution >= 0.6 is 39.1 Å². The molecule has 1 rings (SSSR count). The van der Waals surface area contributed by atoms with Crippen LogP contribution < -0.4 is 0 Å². The minimum absolute atomic E-state index is 0.303. The predicted octanol–water partition coefficient (Wildman–Crippen LogP) is 3.63. The molecule has 0 atom stereocenters. The Kier molecular flexibility index (Phi) is 4.23. The van der Waals surface area contributed by atoms with E-state index in [4.69, 9.17) is 23.2 Å². The standard InChI is InChI=1S/C9H7BrCl2O2/c1-14-9(13)6-2-5(4-11)3-7(12)8(6)10/h2-3H,4H2,1H3. The molecular formula is C9H7BrCl2O2. The van der Waals surface area contributed by atoms with Crippen LogP contribution in [-0.4, -0.2) is 13.1 Å². The molecule has 1 aromatic rings. The van der Waals surface area contributed by atoms with Gasteiger partial charge in [-0.2, -0.15) is 0 Å². The maximum atomic E-state index is 11.3. The third-order valence-electron chi connectivity index (χ3n) is 1.65. The molecule has 0 aliphatic rings. The normalized spacial score (nSPS) is 10.0. The maximum absolute atomic E-state index is 11.3. The lowest BCUT2D eigenvalue weighted by Gasteiger charge is -2.06. The van der Waals surface area contributed by atoms with Crippen LogP contribution in [0.4, 0.5) is 0 Å². The van der Waals surface area contributed by atoms with Gasteiger partial charge in [0, 0.05) is 5.88 Å². The molecule has 2 nitrogen and oxygen atoms in total. The van der Waals surface area contributed by atoms with Gasteiger partial charge in [-0.3, -0.25) is 0 Å². The number of hydrogen-bond acceptors (Lipinski definition) is 2. The van der Waals surface area contributed by atoms with Crippen LogP contribution in [-0.2, 0) is 10.6 Å². The molecule has 14 heavy (non-hydrogen) atoms. The second-order valence-corrected chi connectivity index (χ2v) is 4.03. The zero-order valence-corrected chi connectivity index (χ0v) is 10.4. The van der Waals surface area contributed by atoms with Crippen molar-refractivity contribution in [3.05, 3.63) is 32.8 Å². The molecule has 0 N–H and O–H groups in total. The highest BCUT2D eigenvalue weighted by molar-refractivity contribution is 9.10. The Morgan fingerprint density at radius 3 is 2.71 bits per heavy atom. The van der Waals surface area contributed by atoms with Gasteiger partial charge in [-0.15, -0.1) is 11.6 Å². The fourth-order valence-electron chi connectivity index (χ4n) is 0.981. The van der Waals surface area contributed by atoms with E-state index < -0.39 is 5.97 Å². The maximum Gasteiger partial charge on any atom is 0.339 e. The van der Waals surface area contributed by atoms with E-state index >= 15 is 0 Å². The van der Waals surface area contributed by atoms with Crippen LogP contribution in [0.25, 0.3) is 0 Å². The highest BCUT2D eigenvalue weighted by atomic mass is 79.9. The molecule has 0 bridgehead atoms. The molecule has 0 aliphatic carbocycles. The lowest BCUT2D eigenvalue weighted by Crippen LogP contribution is -2.03. The second kappa shape index (κ2) is 5.01. The molecule has 0 saturated heterocycles. The summed E-state index contributed by atoms with van der Waals surface area (Å²) in [6.07, 6.45) is 0. The Morgan fingerprint density at radius 2 is 2.21 bits per heavy atom. The van der Waals surface area contributed by atoms with Crippen molar-refractivity contribution < 1.29 is 9.53 Å². The van der Waals surface area contributed by atoms with Crippen LogP contribution in [0.5, 0.6) is 0 Å². The van der Waals surface area contributed by atoms with E-state index in [2.05, 4.69) is 20.7 Å². The summed E-state index contributed by atoms with van der Waals surface area (Å²) >= 11 is 14.7. The van der Waals surface area contributed by atoms with Crippen molar-refractivity contribution in [2.24, 2.45) is 0 Å². The highest BCUT2D eigenvalue weighted by Gasteiger charge is 2.14. The average molecular weight is 298 g/mol. The number of ether oxygens (including phenoxy) is 1. The van der Waals surface area contributed by atoms with Gasteiger partial charge in [0.05, 0.1) is 22.2 Å². The van der Waals surface area contributed by atoms with Crippen LogP contribution in [0.2, 0.25) is 5.02 Å². The third-order valence-corrected chi connectivity index (χ3v) is 3.34. The van der Waals surface area contributed by atoms with E-state index in [0.29, 0.717) is 20.9 Å². The van der Waals surface area contributed by atoms with Crippen molar-refractivity contribution >= 4 is 45.1 Å². The molecule has 0 amide bonds. The third kappa shape index (κ3) is 2.41. The number of benzene rings is 1. The van der Waals surface area contributed by atoms with Crippen molar-refractivity contribution in [1.82, 2.24) is 0 Å². The first-order valence-electron chi connectivity index (χ1n) is 3.72. The summed E-state index contributed by atoms with van der Waals surface area (Å²) in [6.45, 7) is 0. The molecule has 0 saturated carbocycles. The van der Waals surface area contributed by atoms with Crippen LogP contribution in [0.3, 0.4) is 0 Å². The molecule has 0 aromatic heterocycles. The topological polar surface area (TPSA) is 26.3 Å². The SMILES string of the molecule is COC(=O)c1cc(CCl)cc(Cl)c1Br. The monoisotopic (exact) mass is 296 g/mol. The Labute approximate surface area is 100 Å². The van der Waals surface area contributed by atoms with Gasteiger partial charge >= 0.3 is 5.97 Å². The zero-order valence-electron chi connectivity index (χ0n) is 7.31. The summed E-state index contributed by atoms with van der Waals surface area (Å²) in [5.74, 6) is -0.137. The largest absolute Gasteiger partial charge is 0.465 e. The second-order valence-electron chi connectivity index (χ2n) is 2.56. The minimum Gasteiger partial charge on any atom is -0.465 e. The fraction of sp³-hybridized carbons (Fsp3) is 0.222. The Balaban J connectivity index is 3.27. The first-order chi connectivity index (χ1) is 6.60. The van der Waals surface area contributed by atoms with Crippen molar-refractivity contribution in [3.8, 4) is 0 Å². The molecule has 0 unspecified atom stereocenters. The fourth-order valence-corrected chi connectivity index (χ4v) is 1.77. The van der Waals surface area contributed by atoms with Gasteiger partial charge in [0.2, 0.25) is 0 Å². The van der Waals surface area contributed by atoms with Gasteiger partial charge in [0.15, 0.2) is 0 Å². The number of hydrogen-bond donors (Lipinski definition) is 0. The molecule has 0 spiro atoms. The number of carbonyl (C=O) groups is 1. The summed E-state index contributed by atoms with van der Waals surface area (Å²) in [4.78, 5) is 11.3. The van der Waals surface area contributed by atoms with E-state index in [-0.39, 0.29) is 0 Å². The Hall–Kier alpha value is -0.250. The van der Waals surface area contributed by atoms with Gasteiger partial charge in [-0.25, -0.2) is 4.79 Å². The predicted molar refractivity (Wildman–Crippen MR) is 60.0 cm³/mol. The lowest BCUT2D eigenvalue weighted by molar-refractivity contribution is 0.0599. The molecular weight excluding hydrogens is 291 g/mol. The first-order valence-corrected chi connectivity index (χ1v) is 5.43. The molecule has 0 radical (unpaired) electrons. The summed E-state index contributed by atoms with van der Waals surface area (Å²) in [6, 6.07) is 3.35. The van der Waals surface area contributed by atoms with E-state index in [9.17, 15) is 4.79 Å². The van der Waals surface area contributed by atoms with Gasteiger partial charge in [0.25, 0.3) is 0 Å². The van der Waals surface area contributed by atoms with E-state index in [1.165, 1.54) is 7.11 Å². The van der Waals surface area contributed by atoms with Gasteiger partial charge in [0.1, 0.15) is 0 Å². The molecule has 0 fully saturated rings. The number of carbonyl (C=O) groups excluding carboxylic acids is 1. The Morgan fingerprint density at radius 1 is 1.57 bits per heavy atom. The number of halogens is 3. The molecule has 5 heteroatoms. The zero-order chi connectivity index (χ0) is 10.7. The number of methoxy groups -OCH3 is 1. The lowest BCUT2D eigenvalue weighted by atomic mass is 10.1. The number of esters is 1. The minimum atomic E-state index is -0.439. The van der Waals surface area contributed by atoms with Crippen molar-refractivity contribution in [2.75, 3.05) is 7.11 Å². The molecule has 0 heterocycles. The van der Waals surface area contributed by atoms with Gasteiger partial charge in [-0.05, 0) is 33.6 Å². The first kappa shape index (κ1) is 11.8. The quantitative estimate of drug-likeness (QED) is 0.615. The smallest absolute Gasteiger partial charge is 0.339 e. The summed E-state index contributed by atoms with van der Waals surface area (Å²) in [5.41, 5.74) is 1.16. The highest BCUT2D eigenvalue weighted by Crippen LogP contribution is 2.29.